The lowest BCUT2D eigenvalue weighted by atomic mass is 9.92. The molecule has 0 bridgehead atoms. The van der Waals surface area contributed by atoms with E-state index in [0.29, 0.717) is 25.6 Å². The Labute approximate surface area is 143 Å². The van der Waals surface area contributed by atoms with Crippen LogP contribution in [0.5, 0.6) is 0 Å². The Hall–Kier alpha value is -2.24. The van der Waals surface area contributed by atoms with Gasteiger partial charge in [0.25, 0.3) is 0 Å². The van der Waals surface area contributed by atoms with Crippen molar-refractivity contribution in [3.63, 3.8) is 0 Å². The van der Waals surface area contributed by atoms with Gasteiger partial charge < -0.3 is 19.7 Å². The van der Waals surface area contributed by atoms with Gasteiger partial charge in [-0.25, -0.2) is 9.59 Å². The van der Waals surface area contributed by atoms with Crippen molar-refractivity contribution >= 4 is 12.2 Å². The van der Waals surface area contributed by atoms with Crippen LogP contribution in [-0.4, -0.2) is 42.8 Å². The zero-order chi connectivity index (χ0) is 17.4. The molecule has 1 aliphatic rings. The van der Waals surface area contributed by atoms with Crippen LogP contribution in [0, 0.1) is 5.92 Å². The Balaban J connectivity index is 1.85. The first-order chi connectivity index (χ1) is 11.6. The molecule has 0 aliphatic carbocycles. The topological polar surface area (TPSA) is 67.9 Å². The van der Waals surface area contributed by atoms with Gasteiger partial charge in [0.05, 0.1) is 12.6 Å². The number of nitrogens with zero attached hydrogens (tertiary/aromatic N) is 1. The fourth-order valence-corrected chi connectivity index (χ4v) is 2.90. The van der Waals surface area contributed by atoms with Crippen LogP contribution in [0.3, 0.4) is 0 Å². The third kappa shape index (κ3) is 5.44. The summed E-state index contributed by atoms with van der Waals surface area (Å²) in [5.41, 5.74) is 0.941. The number of piperidine rings is 1. The summed E-state index contributed by atoms with van der Waals surface area (Å²) in [4.78, 5) is 25.6. The van der Waals surface area contributed by atoms with E-state index < -0.39 is 6.09 Å². The maximum absolute atomic E-state index is 12.0. The zero-order valence-corrected chi connectivity index (χ0v) is 14.4. The number of carbonyl (C=O) groups is 2. The lowest BCUT2D eigenvalue weighted by molar-refractivity contribution is 0.0743. The SMILES string of the molecule is CCOC(=O)N1CC(CC)CC(NC(=O)OCc2ccccc2)C1. The average Bonchev–Trinajstić information content (AvgIpc) is 2.60. The van der Waals surface area contributed by atoms with Crippen molar-refractivity contribution in [2.45, 2.75) is 39.3 Å². The lowest BCUT2D eigenvalue weighted by Gasteiger charge is -2.36. The summed E-state index contributed by atoms with van der Waals surface area (Å²) < 4.78 is 10.3. The molecule has 6 heteroatoms. The summed E-state index contributed by atoms with van der Waals surface area (Å²) in [7, 11) is 0. The molecule has 1 fully saturated rings. The molecule has 0 spiro atoms. The number of benzene rings is 1. The number of carbonyl (C=O) groups excluding carboxylic acids is 2. The fourth-order valence-electron chi connectivity index (χ4n) is 2.90. The molecule has 6 nitrogen and oxygen atoms in total. The molecule has 0 saturated carbocycles. The standard InChI is InChI=1S/C18H26N2O4/c1-3-14-10-16(12-20(11-14)18(22)23-4-2)19-17(21)24-13-15-8-6-5-7-9-15/h5-9,14,16H,3-4,10-13H2,1-2H3,(H,19,21). The highest BCUT2D eigenvalue weighted by molar-refractivity contribution is 5.69. The van der Waals surface area contributed by atoms with Gasteiger partial charge in [0.15, 0.2) is 0 Å². The first kappa shape index (κ1) is 18.1. The molecule has 0 aromatic heterocycles. The van der Waals surface area contributed by atoms with Crippen molar-refractivity contribution in [3.05, 3.63) is 35.9 Å². The summed E-state index contributed by atoms with van der Waals surface area (Å²) >= 11 is 0. The number of ether oxygens (including phenoxy) is 2. The summed E-state index contributed by atoms with van der Waals surface area (Å²) in [6, 6.07) is 9.42. The number of rotatable bonds is 5. The molecule has 1 saturated heterocycles. The molecule has 1 aromatic carbocycles. The second-order valence-corrected chi connectivity index (χ2v) is 6.02. The van der Waals surface area contributed by atoms with E-state index in [-0.39, 0.29) is 18.7 Å². The molecule has 1 aromatic rings. The molecular weight excluding hydrogens is 308 g/mol. The minimum Gasteiger partial charge on any atom is -0.450 e. The Bertz CT molecular complexity index is 535. The van der Waals surface area contributed by atoms with Crippen molar-refractivity contribution in [1.29, 1.82) is 0 Å². The van der Waals surface area contributed by atoms with E-state index in [9.17, 15) is 9.59 Å². The molecule has 132 valence electrons. The highest BCUT2D eigenvalue weighted by Crippen LogP contribution is 2.20. The monoisotopic (exact) mass is 334 g/mol. The second kappa shape index (κ2) is 9.15. The van der Waals surface area contributed by atoms with Gasteiger partial charge in [0.1, 0.15) is 6.61 Å². The first-order valence-electron chi connectivity index (χ1n) is 8.51. The largest absolute Gasteiger partial charge is 0.450 e. The van der Waals surface area contributed by atoms with Crippen LogP contribution in [-0.2, 0) is 16.1 Å². The molecule has 0 radical (unpaired) electrons. The number of nitrogens with one attached hydrogen (secondary N) is 1. The molecule has 1 aliphatic heterocycles. The van der Waals surface area contributed by atoms with Crippen molar-refractivity contribution < 1.29 is 19.1 Å². The second-order valence-electron chi connectivity index (χ2n) is 6.02. The quantitative estimate of drug-likeness (QED) is 0.898. The Kier molecular flexibility index (Phi) is 6.90. The predicted molar refractivity (Wildman–Crippen MR) is 90.5 cm³/mol. The fraction of sp³-hybridized carbons (Fsp3) is 0.556. The van der Waals surface area contributed by atoms with E-state index >= 15 is 0 Å². The summed E-state index contributed by atoms with van der Waals surface area (Å²) in [5, 5.41) is 2.87. The number of likely N-dealkylation sites (tertiary alicyclic amines) is 1. The van der Waals surface area contributed by atoms with Crippen molar-refractivity contribution in [1.82, 2.24) is 10.2 Å². The molecule has 2 atom stereocenters. The van der Waals surface area contributed by atoms with Gasteiger partial charge >= 0.3 is 12.2 Å². The smallest absolute Gasteiger partial charge is 0.409 e. The highest BCUT2D eigenvalue weighted by Gasteiger charge is 2.31. The minimum absolute atomic E-state index is 0.114. The molecular formula is C18H26N2O4. The summed E-state index contributed by atoms with van der Waals surface area (Å²) in [6.45, 7) is 5.59. The molecule has 2 rings (SSSR count). The van der Waals surface area contributed by atoms with Crippen LogP contribution in [0.15, 0.2) is 30.3 Å². The van der Waals surface area contributed by atoms with Crippen LogP contribution in [0.2, 0.25) is 0 Å². The molecule has 2 amide bonds. The van der Waals surface area contributed by atoms with Gasteiger partial charge in [-0.3, -0.25) is 0 Å². The third-order valence-corrected chi connectivity index (χ3v) is 4.18. The average molecular weight is 334 g/mol. The van der Waals surface area contributed by atoms with Crippen molar-refractivity contribution in [3.8, 4) is 0 Å². The Morgan fingerprint density at radius 2 is 1.92 bits per heavy atom. The number of amides is 2. The number of hydrogen-bond acceptors (Lipinski definition) is 4. The van der Waals surface area contributed by atoms with Gasteiger partial charge in [-0.2, -0.15) is 0 Å². The van der Waals surface area contributed by atoms with E-state index in [2.05, 4.69) is 12.2 Å². The normalized spacial score (nSPS) is 20.3. The van der Waals surface area contributed by atoms with Crippen LogP contribution in [0.4, 0.5) is 9.59 Å². The van der Waals surface area contributed by atoms with E-state index in [0.717, 1.165) is 18.4 Å². The number of hydrogen-bond donors (Lipinski definition) is 1. The Morgan fingerprint density at radius 1 is 1.17 bits per heavy atom. The van der Waals surface area contributed by atoms with E-state index in [4.69, 9.17) is 9.47 Å². The van der Waals surface area contributed by atoms with Crippen LogP contribution in [0.25, 0.3) is 0 Å². The molecule has 1 heterocycles. The van der Waals surface area contributed by atoms with Crippen molar-refractivity contribution in [2.24, 2.45) is 5.92 Å². The van der Waals surface area contributed by atoms with E-state index in [1.807, 2.05) is 30.3 Å². The van der Waals surface area contributed by atoms with E-state index in [1.54, 1.807) is 11.8 Å². The molecule has 2 unspecified atom stereocenters. The zero-order valence-electron chi connectivity index (χ0n) is 14.4. The molecule has 1 N–H and O–H groups in total. The minimum atomic E-state index is -0.454. The summed E-state index contributed by atoms with van der Waals surface area (Å²) in [6.07, 6.45) is 1.02. The lowest BCUT2D eigenvalue weighted by Crippen LogP contribution is -2.52. The van der Waals surface area contributed by atoms with E-state index in [1.165, 1.54) is 0 Å². The Morgan fingerprint density at radius 3 is 2.58 bits per heavy atom. The van der Waals surface area contributed by atoms with Crippen molar-refractivity contribution in [2.75, 3.05) is 19.7 Å². The highest BCUT2D eigenvalue weighted by atomic mass is 16.6. The van der Waals surface area contributed by atoms with Crippen LogP contribution >= 0.6 is 0 Å². The maximum atomic E-state index is 12.0. The predicted octanol–water partition coefficient (Wildman–Crippen LogP) is 3.17. The summed E-state index contributed by atoms with van der Waals surface area (Å²) in [5.74, 6) is 0.350. The number of alkyl carbamates (subject to hydrolysis) is 1. The van der Waals surface area contributed by atoms with Gasteiger partial charge in [0.2, 0.25) is 0 Å². The first-order valence-corrected chi connectivity index (χ1v) is 8.51. The third-order valence-electron chi connectivity index (χ3n) is 4.18. The van der Waals surface area contributed by atoms with Gasteiger partial charge in [-0.1, -0.05) is 43.7 Å². The van der Waals surface area contributed by atoms with Gasteiger partial charge in [-0.05, 0) is 24.8 Å². The van der Waals surface area contributed by atoms with Gasteiger partial charge in [-0.15, -0.1) is 0 Å². The van der Waals surface area contributed by atoms with Gasteiger partial charge in [0, 0.05) is 13.1 Å². The maximum Gasteiger partial charge on any atom is 0.409 e. The van der Waals surface area contributed by atoms with Crippen LogP contribution < -0.4 is 5.32 Å². The van der Waals surface area contributed by atoms with Crippen LogP contribution in [0.1, 0.15) is 32.3 Å². The molecule has 24 heavy (non-hydrogen) atoms.